The zero-order chi connectivity index (χ0) is 13.7. The normalized spacial score (nSPS) is 10.6. The molecule has 0 radical (unpaired) electrons. The first kappa shape index (κ1) is 12.9. The van der Waals surface area contributed by atoms with Crippen molar-refractivity contribution >= 4 is 12.1 Å². The molecular weight excluding hydrogens is 245 g/mol. The summed E-state index contributed by atoms with van der Waals surface area (Å²) in [4.78, 5) is 15.8. The molecule has 1 amide bonds. The zero-order valence-corrected chi connectivity index (χ0v) is 10.3. The van der Waals surface area contributed by atoms with Crippen molar-refractivity contribution in [1.82, 2.24) is 10.4 Å². The standard InChI is InChI=1S/C14H12FN3O/c1-10-3-2-4-13(17-10)9-16-18-14(19)11-5-7-12(15)8-6-11/h2-9H,1H3,(H,18,19)/b16-9-. The van der Waals surface area contributed by atoms with E-state index in [1.807, 2.05) is 19.1 Å². The number of nitrogens with zero attached hydrogens (tertiary/aromatic N) is 2. The van der Waals surface area contributed by atoms with Crippen molar-refractivity contribution in [3.05, 3.63) is 65.2 Å². The van der Waals surface area contributed by atoms with Crippen LogP contribution in [0, 0.1) is 12.7 Å². The topological polar surface area (TPSA) is 54.4 Å². The summed E-state index contributed by atoms with van der Waals surface area (Å²) in [5.74, 6) is -0.784. The molecule has 1 N–H and O–H groups in total. The number of aromatic nitrogens is 1. The molecule has 0 spiro atoms. The Balaban J connectivity index is 1.98. The molecule has 19 heavy (non-hydrogen) atoms. The number of carbonyl (C=O) groups is 1. The minimum atomic E-state index is -0.399. The number of hydrogen-bond acceptors (Lipinski definition) is 3. The summed E-state index contributed by atoms with van der Waals surface area (Å²) < 4.78 is 12.7. The Morgan fingerprint density at radius 1 is 1.26 bits per heavy atom. The minimum Gasteiger partial charge on any atom is -0.267 e. The number of aryl methyl sites for hydroxylation is 1. The number of pyridine rings is 1. The first-order chi connectivity index (χ1) is 9.15. The molecule has 2 aromatic rings. The van der Waals surface area contributed by atoms with Gasteiger partial charge in [-0.2, -0.15) is 5.10 Å². The Hall–Kier alpha value is -2.56. The molecule has 0 unspecified atom stereocenters. The average Bonchev–Trinajstić information content (AvgIpc) is 2.39. The van der Waals surface area contributed by atoms with Crippen molar-refractivity contribution in [3.63, 3.8) is 0 Å². The number of benzene rings is 1. The quantitative estimate of drug-likeness (QED) is 0.677. The maximum atomic E-state index is 12.7. The Morgan fingerprint density at radius 3 is 2.68 bits per heavy atom. The largest absolute Gasteiger partial charge is 0.271 e. The highest BCUT2D eigenvalue weighted by atomic mass is 19.1. The van der Waals surface area contributed by atoms with Gasteiger partial charge < -0.3 is 0 Å². The molecule has 0 bridgehead atoms. The molecule has 0 saturated carbocycles. The fraction of sp³-hybridized carbons (Fsp3) is 0.0714. The Bertz CT molecular complexity index is 608. The monoisotopic (exact) mass is 257 g/mol. The molecule has 0 fully saturated rings. The van der Waals surface area contributed by atoms with Gasteiger partial charge in [0.05, 0.1) is 11.9 Å². The minimum absolute atomic E-state index is 0.343. The highest BCUT2D eigenvalue weighted by molar-refractivity contribution is 5.94. The van der Waals surface area contributed by atoms with Gasteiger partial charge in [0.2, 0.25) is 0 Å². The smallest absolute Gasteiger partial charge is 0.267 e. The van der Waals surface area contributed by atoms with Crippen molar-refractivity contribution < 1.29 is 9.18 Å². The van der Waals surface area contributed by atoms with Gasteiger partial charge in [-0.05, 0) is 43.3 Å². The summed E-state index contributed by atoms with van der Waals surface area (Å²) in [5, 5.41) is 3.80. The van der Waals surface area contributed by atoms with Gasteiger partial charge >= 0.3 is 0 Å². The third-order valence-corrected chi connectivity index (χ3v) is 2.38. The lowest BCUT2D eigenvalue weighted by Crippen LogP contribution is -2.17. The van der Waals surface area contributed by atoms with Crippen molar-refractivity contribution in [2.75, 3.05) is 0 Å². The lowest BCUT2D eigenvalue weighted by molar-refractivity contribution is 0.0955. The van der Waals surface area contributed by atoms with E-state index in [2.05, 4.69) is 15.5 Å². The van der Waals surface area contributed by atoms with Crippen LogP contribution >= 0.6 is 0 Å². The van der Waals surface area contributed by atoms with E-state index in [-0.39, 0.29) is 5.82 Å². The summed E-state index contributed by atoms with van der Waals surface area (Å²) in [6.45, 7) is 1.87. The van der Waals surface area contributed by atoms with Crippen LogP contribution in [0.5, 0.6) is 0 Å². The summed E-state index contributed by atoms with van der Waals surface area (Å²) in [7, 11) is 0. The fourth-order valence-corrected chi connectivity index (χ4v) is 1.46. The van der Waals surface area contributed by atoms with E-state index >= 15 is 0 Å². The molecule has 96 valence electrons. The number of amides is 1. The second-order valence-electron chi connectivity index (χ2n) is 3.91. The highest BCUT2D eigenvalue weighted by Crippen LogP contribution is 2.02. The molecule has 2 rings (SSSR count). The molecule has 1 heterocycles. The van der Waals surface area contributed by atoms with E-state index in [1.165, 1.54) is 30.5 Å². The molecule has 0 aliphatic carbocycles. The van der Waals surface area contributed by atoms with Gasteiger partial charge in [-0.3, -0.25) is 9.78 Å². The second kappa shape index (κ2) is 5.86. The molecule has 0 aliphatic rings. The fourth-order valence-electron chi connectivity index (χ4n) is 1.46. The van der Waals surface area contributed by atoms with Crippen molar-refractivity contribution in [2.45, 2.75) is 6.92 Å². The van der Waals surface area contributed by atoms with Crippen LogP contribution in [-0.2, 0) is 0 Å². The van der Waals surface area contributed by atoms with Gasteiger partial charge in [0, 0.05) is 11.3 Å². The second-order valence-corrected chi connectivity index (χ2v) is 3.91. The summed E-state index contributed by atoms with van der Waals surface area (Å²) in [6, 6.07) is 10.7. The molecule has 0 saturated heterocycles. The number of carbonyl (C=O) groups excluding carboxylic acids is 1. The van der Waals surface area contributed by atoms with Crippen molar-refractivity contribution in [3.8, 4) is 0 Å². The van der Waals surface area contributed by atoms with E-state index in [9.17, 15) is 9.18 Å². The van der Waals surface area contributed by atoms with Crippen LogP contribution in [0.2, 0.25) is 0 Å². The van der Waals surface area contributed by atoms with Crippen LogP contribution in [-0.4, -0.2) is 17.1 Å². The predicted octanol–water partition coefficient (Wildman–Crippen LogP) is 2.29. The van der Waals surface area contributed by atoms with Crippen LogP contribution in [0.4, 0.5) is 4.39 Å². The third kappa shape index (κ3) is 3.70. The third-order valence-electron chi connectivity index (χ3n) is 2.38. The molecule has 0 aliphatic heterocycles. The van der Waals surface area contributed by atoms with E-state index in [4.69, 9.17) is 0 Å². The number of hydrazone groups is 1. The maximum absolute atomic E-state index is 12.7. The molecule has 0 atom stereocenters. The van der Waals surface area contributed by atoms with Crippen LogP contribution in [0.1, 0.15) is 21.7 Å². The van der Waals surface area contributed by atoms with E-state index in [0.717, 1.165) is 5.69 Å². The lowest BCUT2D eigenvalue weighted by atomic mass is 10.2. The Kier molecular flexibility index (Phi) is 3.97. The van der Waals surface area contributed by atoms with Crippen LogP contribution < -0.4 is 5.43 Å². The Labute approximate surface area is 110 Å². The lowest BCUT2D eigenvalue weighted by Gasteiger charge is -1.99. The first-order valence-corrected chi connectivity index (χ1v) is 5.68. The average molecular weight is 257 g/mol. The Morgan fingerprint density at radius 2 is 2.00 bits per heavy atom. The zero-order valence-electron chi connectivity index (χ0n) is 10.3. The summed E-state index contributed by atoms with van der Waals surface area (Å²) in [5.41, 5.74) is 4.22. The van der Waals surface area contributed by atoms with Crippen molar-refractivity contribution in [2.24, 2.45) is 5.10 Å². The van der Waals surface area contributed by atoms with Crippen LogP contribution in [0.25, 0.3) is 0 Å². The van der Waals surface area contributed by atoms with Crippen LogP contribution in [0.3, 0.4) is 0 Å². The predicted molar refractivity (Wildman–Crippen MR) is 70.4 cm³/mol. The number of rotatable bonds is 3. The molecule has 1 aromatic heterocycles. The van der Waals surface area contributed by atoms with E-state index in [0.29, 0.717) is 11.3 Å². The van der Waals surface area contributed by atoms with Gasteiger partial charge in [-0.25, -0.2) is 9.82 Å². The van der Waals surface area contributed by atoms with Crippen LogP contribution in [0.15, 0.2) is 47.6 Å². The van der Waals surface area contributed by atoms with Gasteiger partial charge in [0.15, 0.2) is 0 Å². The van der Waals surface area contributed by atoms with E-state index in [1.54, 1.807) is 6.07 Å². The van der Waals surface area contributed by atoms with Gasteiger partial charge in [-0.1, -0.05) is 6.07 Å². The summed E-state index contributed by atoms with van der Waals surface area (Å²) in [6.07, 6.45) is 1.45. The highest BCUT2D eigenvalue weighted by Gasteiger charge is 2.03. The molecular formula is C14H12FN3O. The molecule has 1 aromatic carbocycles. The van der Waals surface area contributed by atoms with Crippen molar-refractivity contribution in [1.29, 1.82) is 0 Å². The summed E-state index contributed by atoms with van der Waals surface area (Å²) >= 11 is 0. The number of nitrogens with one attached hydrogen (secondary N) is 1. The van der Waals surface area contributed by atoms with Gasteiger partial charge in [0.25, 0.3) is 5.91 Å². The SMILES string of the molecule is Cc1cccc(/C=N\NC(=O)c2ccc(F)cc2)n1. The maximum Gasteiger partial charge on any atom is 0.271 e. The molecule has 4 nitrogen and oxygen atoms in total. The van der Waals surface area contributed by atoms with Gasteiger partial charge in [-0.15, -0.1) is 0 Å². The molecule has 5 heteroatoms. The van der Waals surface area contributed by atoms with Gasteiger partial charge in [0.1, 0.15) is 5.82 Å². The number of halogens is 1. The van der Waals surface area contributed by atoms with E-state index < -0.39 is 5.91 Å². The first-order valence-electron chi connectivity index (χ1n) is 5.68. The number of hydrogen-bond donors (Lipinski definition) is 1.